The van der Waals surface area contributed by atoms with E-state index in [0.29, 0.717) is 15.6 Å². The predicted octanol–water partition coefficient (Wildman–Crippen LogP) is 4.87. The molecule has 0 radical (unpaired) electrons. The van der Waals surface area contributed by atoms with Gasteiger partial charge in [-0.25, -0.2) is 9.98 Å². The van der Waals surface area contributed by atoms with Crippen LogP contribution in [0.5, 0.6) is 5.75 Å². The summed E-state index contributed by atoms with van der Waals surface area (Å²) in [6, 6.07) is 7.26. The molecule has 0 fully saturated rings. The molecular weight excluding hydrogens is 340 g/mol. The van der Waals surface area contributed by atoms with E-state index in [9.17, 15) is 9.90 Å². The topological polar surface area (TPSA) is 62.5 Å². The van der Waals surface area contributed by atoms with Crippen molar-refractivity contribution in [2.75, 3.05) is 0 Å². The molecule has 2 heterocycles. The number of benzene rings is 1. The first-order valence-corrected chi connectivity index (χ1v) is 8.92. The molecule has 1 N–H and O–H groups in total. The third-order valence-electron chi connectivity index (χ3n) is 3.28. The van der Waals surface area contributed by atoms with Crippen LogP contribution < -0.4 is 0 Å². The summed E-state index contributed by atoms with van der Waals surface area (Å²) in [6.07, 6.45) is 6.55. The molecule has 0 aliphatic heterocycles. The van der Waals surface area contributed by atoms with Gasteiger partial charge in [0.2, 0.25) is 5.13 Å². The molecular formula is C18H14N2O2S2. The monoisotopic (exact) mass is 354 g/mol. The summed E-state index contributed by atoms with van der Waals surface area (Å²) in [6.45, 7) is 1.81. The molecule has 0 unspecified atom stereocenters. The largest absolute Gasteiger partial charge is 0.507 e. The van der Waals surface area contributed by atoms with Gasteiger partial charge < -0.3 is 5.11 Å². The van der Waals surface area contributed by atoms with Crippen LogP contribution in [0, 0.1) is 6.92 Å². The van der Waals surface area contributed by atoms with Crippen molar-refractivity contribution < 1.29 is 9.90 Å². The number of nitrogens with zero attached hydrogens (tertiary/aromatic N) is 2. The molecule has 0 spiro atoms. The summed E-state index contributed by atoms with van der Waals surface area (Å²) in [5.74, 6) is 0.144. The number of phenolic OH excluding ortho intramolecular Hbond substituents is 1. The first-order valence-electron chi connectivity index (χ1n) is 7.16. The fourth-order valence-electron chi connectivity index (χ4n) is 2.11. The molecule has 1 aromatic carbocycles. The maximum Gasteiger partial charge on any atom is 0.209 e. The maximum atomic E-state index is 12.0. The van der Waals surface area contributed by atoms with Crippen LogP contribution >= 0.6 is 22.7 Å². The highest BCUT2D eigenvalue weighted by molar-refractivity contribution is 7.13. The van der Waals surface area contributed by atoms with Gasteiger partial charge in [0.25, 0.3) is 0 Å². The van der Waals surface area contributed by atoms with Crippen molar-refractivity contribution in [1.29, 1.82) is 0 Å². The van der Waals surface area contributed by atoms with Crippen LogP contribution in [0.15, 0.2) is 52.3 Å². The van der Waals surface area contributed by atoms with Crippen molar-refractivity contribution in [3.8, 4) is 5.75 Å². The molecule has 24 heavy (non-hydrogen) atoms. The van der Waals surface area contributed by atoms with Crippen LogP contribution in [0.4, 0.5) is 5.13 Å². The van der Waals surface area contributed by atoms with Crippen molar-refractivity contribution in [2.45, 2.75) is 6.92 Å². The molecule has 0 saturated carbocycles. The highest BCUT2D eigenvalue weighted by Crippen LogP contribution is 2.25. The Morgan fingerprint density at radius 1 is 1.29 bits per heavy atom. The summed E-state index contributed by atoms with van der Waals surface area (Å²) in [4.78, 5) is 21.1. The van der Waals surface area contributed by atoms with Gasteiger partial charge in [-0.3, -0.25) is 4.79 Å². The fourth-order valence-corrected chi connectivity index (χ4v) is 3.23. The Balaban J connectivity index is 1.85. The molecule has 0 aliphatic rings. The minimum atomic E-state index is -0.0336. The molecule has 2 aromatic heterocycles. The number of aromatic hydroxyl groups is 1. The molecule has 0 bridgehead atoms. The van der Waals surface area contributed by atoms with E-state index in [0.717, 1.165) is 11.1 Å². The Morgan fingerprint density at radius 2 is 2.17 bits per heavy atom. The average Bonchev–Trinajstić information content (AvgIpc) is 3.27. The molecule has 120 valence electrons. The Morgan fingerprint density at radius 3 is 2.88 bits per heavy atom. The Kier molecular flexibility index (Phi) is 4.98. The summed E-state index contributed by atoms with van der Waals surface area (Å²) in [7, 11) is 0. The van der Waals surface area contributed by atoms with Gasteiger partial charge in [0.1, 0.15) is 5.75 Å². The zero-order chi connectivity index (χ0) is 16.9. The second kappa shape index (κ2) is 7.33. The Labute approximate surface area is 147 Å². The lowest BCUT2D eigenvalue weighted by Gasteiger charge is -2.05. The number of aromatic nitrogens is 1. The standard InChI is InChI=1S/C18H14N2O2S2/c1-12-9-13(4-5-15(21)16-3-2-7-23-16)10-14(17(12)22)11-20-18-19-6-8-24-18/h2-11,22H,1H3/b5-4+,20-11+. The van der Waals surface area contributed by atoms with Crippen molar-refractivity contribution >= 4 is 45.9 Å². The van der Waals surface area contributed by atoms with Crippen LogP contribution in [-0.4, -0.2) is 22.1 Å². The SMILES string of the molecule is Cc1cc(/C=C/C(=O)c2cccs2)cc(/C=N/c2nccs2)c1O. The van der Waals surface area contributed by atoms with Gasteiger partial charge in [-0.05, 0) is 47.7 Å². The lowest BCUT2D eigenvalue weighted by Crippen LogP contribution is -1.91. The third kappa shape index (κ3) is 3.84. The third-order valence-corrected chi connectivity index (χ3v) is 4.84. The first kappa shape index (κ1) is 16.3. The zero-order valence-electron chi connectivity index (χ0n) is 12.8. The van der Waals surface area contributed by atoms with Crippen LogP contribution in [0.1, 0.15) is 26.4 Å². The van der Waals surface area contributed by atoms with Gasteiger partial charge in [0.05, 0.1) is 4.88 Å². The van der Waals surface area contributed by atoms with Crippen LogP contribution in [0.25, 0.3) is 6.08 Å². The van der Waals surface area contributed by atoms with Crippen molar-refractivity contribution in [1.82, 2.24) is 4.98 Å². The van der Waals surface area contributed by atoms with Crippen molar-refractivity contribution in [3.05, 3.63) is 68.9 Å². The number of hydrogen-bond donors (Lipinski definition) is 1. The molecule has 0 aliphatic carbocycles. The number of aryl methyl sites for hydroxylation is 1. The van der Waals surface area contributed by atoms with E-state index in [2.05, 4.69) is 9.98 Å². The van der Waals surface area contributed by atoms with E-state index in [1.54, 1.807) is 36.7 Å². The number of allylic oxidation sites excluding steroid dienone is 1. The zero-order valence-corrected chi connectivity index (χ0v) is 14.5. The highest BCUT2D eigenvalue weighted by atomic mass is 32.1. The number of aliphatic imine (C=N–C) groups is 1. The number of thiazole rings is 1. The van der Waals surface area contributed by atoms with Crippen LogP contribution in [-0.2, 0) is 0 Å². The Bertz CT molecular complexity index is 896. The van der Waals surface area contributed by atoms with E-state index in [4.69, 9.17) is 0 Å². The quantitative estimate of drug-likeness (QED) is 0.404. The molecule has 0 atom stereocenters. The summed E-state index contributed by atoms with van der Waals surface area (Å²) in [5.41, 5.74) is 2.14. The van der Waals surface area contributed by atoms with Gasteiger partial charge in [0, 0.05) is 23.4 Å². The van der Waals surface area contributed by atoms with E-state index in [1.165, 1.54) is 22.7 Å². The normalized spacial score (nSPS) is 11.5. The van der Waals surface area contributed by atoms with Gasteiger partial charge in [-0.15, -0.1) is 22.7 Å². The molecule has 0 amide bonds. The first-order chi connectivity index (χ1) is 11.6. The number of carbonyl (C=O) groups is 1. The minimum Gasteiger partial charge on any atom is -0.507 e. The van der Waals surface area contributed by atoms with E-state index in [1.807, 2.05) is 29.8 Å². The van der Waals surface area contributed by atoms with E-state index >= 15 is 0 Å². The highest BCUT2D eigenvalue weighted by Gasteiger charge is 2.06. The van der Waals surface area contributed by atoms with E-state index < -0.39 is 0 Å². The Hall–Kier alpha value is -2.57. The molecule has 4 nitrogen and oxygen atoms in total. The number of thiophene rings is 1. The number of carbonyl (C=O) groups excluding carboxylic acids is 1. The summed E-state index contributed by atoms with van der Waals surface area (Å²) in [5, 5.41) is 14.5. The maximum absolute atomic E-state index is 12.0. The van der Waals surface area contributed by atoms with Crippen LogP contribution in [0.2, 0.25) is 0 Å². The second-order valence-electron chi connectivity index (χ2n) is 5.02. The van der Waals surface area contributed by atoms with Crippen molar-refractivity contribution in [3.63, 3.8) is 0 Å². The lowest BCUT2D eigenvalue weighted by molar-refractivity contribution is 0.105. The molecule has 3 aromatic rings. The average molecular weight is 354 g/mol. The smallest absolute Gasteiger partial charge is 0.209 e. The van der Waals surface area contributed by atoms with E-state index in [-0.39, 0.29) is 11.5 Å². The van der Waals surface area contributed by atoms with Gasteiger partial charge in [-0.2, -0.15) is 0 Å². The number of rotatable bonds is 5. The summed E-state index contributed by atoms with van der Waals surface area (Å²) >= 11 is 2.83. The van der Waals surface area contributed by atoms with Crippen LogP contribution in [0.3, 0.4) is 0 Å². The van der Waals surface area contributed by atoms with Gasteiger partial charge in [0.15, 0.2) is 5.78 Å². The number of ketones is 1. The minimum absolute atomic E-state index is 0.0336. The predicted molar refractivity (Wildman–Crippen MR) is 99.9 cm³/mol. The molecule has 3 rings (SSSR count). The lowest BCUT2D eigenvalue weighted by atomic mass is 10.0. The van der Waals surface area contributed by atoms with Crippen molar-refractivity contribution in [2.24, 2.45) is 4.99 Å². The molecule has 6 heteroatoms. The molecule has 0 saturated heterocycles. The van der Waals surface area contributed by atoms with Gasteiger partial charge in [-0.1, -0.05) is 12.1 Å². The number of phenols is 1. The summed E-state index contributed by atoms with van der Waals surface area (Å²) < 4.78 is 0. The van der Waals surface area contributed by atoms with Gasteiger partial charge >= 0.3 is 0 Å². The fraction of sp³-hybridized carbons (Fsp3) is 0.0556. The second-order valence-corrected chi connectivity index (χ2v) is 6.84. The number of hydrogen-bond acceptors (Lipinski definition) is 6.